The van der Waals surface area contributed by atoms with Gasteiger partial charge < -0.3 is 39.7 Å². The van der Waals surface area contributed by atoms with E-state index in [4.69, 9.17) is 13.8 Å². The molecule has 254 valence electrons. The summed E-state index contributed by atoms with van der Waals surface area (Å²) in [5, 5.41) is 49.7. The topological polar surface area (TPSA) is 169 Å². The first kappa shape index (κ1) is 38.4. The number of aliphatic hydroxyl groups excluding tert-OH is 4. The van der Waals surface area contributed by atoms with Gasteiger partial charge in [-0.3, -0.25) is 9.09 Å². The van der Waals surface area contributed by atoms with Gasteiger partial charge in [0.25, 0.3) is 7.82 Å². The van der Waals surface area contributed by atoms with Crippen LogP contribution in [-0.4, -0.2) is 74.6 Å². The Hall–Kier alpha value is 0.610. The van der Waals surface area contributed by atoms with Gasteiger partial charge in [-0.25, -0.2) is 0 Å². The normalized spacial score (nSPS) is 45.3. The molecule has 5 N–H and O–H groups in total. The van der Waals surface area contributed by atoms with Gasteiger partial charge in [0.15, 0.2) is 6.29 Å². The molecule has 1 aliphatic heterocycles. The van der Waals surface area contributed by atoms with Crippen LogP contribution in [0.2, 0.25) is 0 Å². The molecule has 4 aliphatic carbocycles. The molecule has 0 aromatic carbocycles. The maximum atomic E-state index is 12.9. The maximum absolute atomic E-state index is 12.9. The van der Waals surface area contributed by atoms with E-state index in [1.54, 1.807) is 0 Å². The maximum Gasteiger partial charge on any atom is 1.00 e. The molecule has 0 radical (unpaired) electrons. The second-order valence-corrected chi connectivity index (χ2v) is 17.2. The average Bonchev–Trinajstić information content (AvgIpc) is 3.30. The van der Waals surface area contributed by atoms with Crippen molar-refractivity contribution < 1.29 is 78.3 Å². The number of allylic oxidation sites excluding steroid dienone is 1. The zero-order chi connectivity index (χ0) is 32.2. The van der Waals surface area contributed by atoms with E-state index in [2.05, 4.69) is 26.8 Å². The molecular weight excluding hydrogens is 610 g/mol. The van der Waals surface area contributed by atoms with Crippen LogP contribution in [0.15, 0.2) is 11.6 Å². The summed E-state index contributed by atoms with van der Waals surface area (Å²) < 4.78 is 28.6. The quantitative estimate of drug-likeness (QED) is 0.128. The van der Waals surface area contributed by atoms with Crippen molar-refractivity contribution in [2.24, 2.45) is 40.4 Å². The summed E-state index contributed by atoms with van der Waals surface area (Å²) in [5.41, 5.74) is 1.01. The predicted octanol–water partition coefficient (Wildman–Crippen LogP) is 0.817. The van der Waals surface area contributed by atoms with Gasteiger partial charge in [0.1, 0.15) is 24.4 Å². The van der Waals surface area contributed by atoms with Crippen LogP contribution in [0.5, 0.6) is 0 Å². The van der Waals surface area contributed by atoms with Gasteiger partial charge in [0.2, 0.25) is 0 Å². The van der Waals surface area contributed by atoms with Crippen LogP contribution in [0.4, 0.5) is 0 Å². The van der Waals surface area contributed by atoms with Crippen molar-refractivity contribution in [3.63, 3.8) is 0 Å². The Morgan fingerprint density at radius 3 is 2.44 bits per heavy atom. The van der Waals surface area contributed by atoms with Gasteiger partial charge in [0, 0.05) is 0 Å². The van der Waals surface area contributed by atoms with Crippen molar-refractivity contribution in [3.8, 4) is 0 Å². The van der Waals surface area contributed by atoms with Crippen LogP contribution in [0, 0.1) is 40.4 Å². The third-order valence-electron chi connectivity index (χ3n) is 12.6. The van der Waals surface area contributed by atoms with Crippen molar-refractivity contribution in [2.75, 3.05) is 6.61 Å². The molecule has 0 aromatic rings. The molecule has 45 heavy (non-hydrogen) atoms. The minimum atomic E-state index is -4.96. The molecule has 1 heterocycles. The summed E-state index contributed by atoms with van der Waals surface area (Å²) in [4.78, 5) is 12.9. The number of aliphatic hydroxyl groups is 5. The summed E-state index contributed by atoms with van der Waals surface area (Å²) >= 11 is 0. The number of ether oxygens (including phenoxy) is 1. The fraction of sp³-hybridized carbons (Fsp3) is 0.939. The minimum Gasteiger partial charge on any atom is -0.756 e. The molecule has 4 fully saturated rings. The standard InChI is InChI=1S/C33H57O10P.Na/c1-19(7-6-14-31(2,3)38)23-10-11-24-22-9-8-20-17-21(12-15-32(20,4)25(22)13-16-33(23,24)5)42-44(39,40)43-30-29(37)28(36)27(35)26(18-34)41-30;/h8,19,21-30,34-38H,6-7,9-18H2,1-5H3,(H,39,40);/q;+1/p-1/t19-,21+,22+,23-,24+,25+,26-,27-,28+,29+,30-,32+,33-;/m1./s1. The first-order chi connectivity index (χ1) is 20.5. The van der Waals surface area contributed by atoms with Crippen molar-refractivity contribution in [3.05, 3.63) is 11.6 Å². The Morgan fingerprint density at radius 1 is 1.07 bits per heavy atom. The van der Waals surface area contributed by atoms with Crippen molar-refractivity contribution in [2.45, 2.75) is 148 Å². The molecule has 0 amide bonds. The van der Waals surface area contributed by atoms with Crippen molar-refractivity contribution in [1.29, 1.82) is 0 Å². The van der Waals surface area contributed by atoms with Gasteiger partial charge in [-0.05, 0) is 112 Å². The summed E-state index contributed by atoms with van der Waals surface area (Å²) in [6, 6.07) is 0. The Bertz CT molecular complexity index is 1100. The van der Waals surface area contributed by atoms with E-state index in [0.717, 1.165) is 32.1 Å². The fourth-order valence-electron chi connectivity index (χ4n) is 10.2. The van der Waals surface area contributed by atoms with Crippen LogP contribution >= 0.6 is 7.82 Å². The molecular formula is C33H56NaO10P. The zero-order valence-electron chi connectivity index (χ0n) is 28.1. The van der Waals surface area contributed by atoms with Gasteiger partial charge >= 0.3 is 29.6 Å². The van der Waals surface area contributed by atoms with Crippen LogP contribution in [-0.2, 0) is 18.3 Å². The molecule has 12 heteroatoms. The SMILES string of the molecule is C[C@H](CCCC(C)(C)O)[C@H]1CC[C@H]2[C@@H]3CC=C4C[C@@H](OP(=O)([O-])O[C@H]5O[C@H](CO)[C@@H](O)[C@H](O)[C@@H]5O)CC[C@]4(C)[C@H]3CC[C@]12C.[Na+]. The molecule has 14 atom stereocenters. The van der Waals surface area contributed by atoms with Crippen molar-refractivity contribution in [1.82, 2.24) is 0 Å². The Balaban J connectivity index is 0.00000461. The molecule has 1 unspecified atom stereocenters. The number of fused-ring (bicyclic) bond motifs is 5. The Morgan fingerprint density at radius 2 is 1.78 bits per heavy atom. The largest absolute Gasteiger partial charge is 1.00 e. The minimum absolute atomic E-state index is 0. The van der Waals surface area contributed by atoms with Crippen LogP contribution < -0.4 is 34.5 Å². The van der Waals surface area contributed by atoms with Gasteiger partial charge in [-0.15, -0.1) is 0 Å². The molecule has 10 nitrogen and oxygen atoms in total. The second-order valence-electron chi connectivity index (χ2n) is 15.9. The van der Waals surface area contributed by atoms with E-state index in [1.807, 2.05) is 13.8 Å². The Kier molecular flexibility index (Phi) is 12.3. The van der Waals surface area contributed by atoms with Gasteiger partial charge in [-0.2, -0.15) is 0 Å². The summed E-state index contributed by atoms with van der Waals surface area (Å²) in [5.74, 6) is 3.26. The van der Waals surface area contributed by atoms with E-state index in [0.29, 0.717) is 47.8 Å². The fourth-order valence-corrected chi connectivity index (χ4v) is 11.3. The third kappa shape index (κ3) is 7.84. The molecule has 0 bridgehead atoms. The second kappa shape index (κ2) is 14.5. The first-order valence-electron chi connectivity index (χ1n) is 16.9. The van der Waals surface area contributed by atoms with Gasteiger partial charge in [-0.1, -0.05) is 45.3 Å². The van der Waals surface area contributed by atoms with Crippen LogP contribution in [0.1, 0.15) is 105 Å². The third-order valence-corrected chi connectivity index (χ3v) is 13.6. The first-order valence-corrected chi connectivity index (χ1v) is 18.4. The van der Waals surface area contributed by atoms with Crippen molar-refractivity contribution >= 4 is 7.82 Å². The average molecular weight is 667 g/mol. The number of hydrogen-bond donors (Lipinski definition) is 5. The number of rotatable bonds is 10. The molecule has 0 spiro atoms. The molecule has 3 saturated carbocycles. The number of hydrogen-bond acceptors (Lipinski definition) is 10. The predicted molar refractivity (Wildman–Crippen MR) is 162 cm³/mol. The number of phosphoric acid groups is 1. The van der Waals surface area contributed by atoms with Crippen LogP contribution in [0.25, 0.3) is 0 Å². The molecule has 0 aromatic heterocycles. The monoisotopic (exact) mass is 666 g/mol. The number of phosphoric ester groups is 1. The van der Waals surface area contributed by atoms with E-state index < -0.39 is 56.8 Å². The van der Waals surface area contributed by atoms with E-state index in [1.165, 1.54) is 31.3 Å². The van der Waals surface area contributed by atoms with Crippen LogP contribution in [0.3, 0.4) is 0 Å². The molecule has 1 saturated heterocycles. The smallest absolute Gasteiger partial charge is 0.756 e. The molecule has 5 rings (SSSR count). The molecule has 5 aliphatic rings. The van der Waals surface area contributed by atoms with Gasteiger partial charge in [0.05, 0.1) is 18.3 Å². The summed E-state index contributed by atoms with van der Waals surface area (Å²) in [6.45, 7) is 10.4. The van der Waals surface area contributed by atoms with E-state index >= 15 is 0 Å². The van der Waals surface area contributed by atoms with E-state index in [9.17, 15) is 35.0 Å². The van der Waals surface area contributed by atoms with E-state index in [-0.39, 0.29) is 35.0 Å². The summed E-state index contributed by atoms with van der Waals surface area (Å²) in [7, 11) is -4.96. The Labute approximate surface area is 291 Å². The summed E-state index contributed by atoms with van der Waals surface area (Å²) in [6.07, 6.45) is 4.43. The zero-order valence-corrected chi connectivity index (χ0v) is 31.0.